The zero-order valence-electron chi connectivity index (χ0n) is 8.41. The number of aldehydes is 1. The number of carbonyl (C=O) groups is 1. The molecular weight excluding hydrogens is 229 g/mol. The molecule has 0 N–H and O–H groups in total. The third-order valence-corrected chi connectivity index (χ3v) is 2.73. The summed E-state index contributed by atoms with van der Waals surface area (Å²) >= 11 is 5.80. The zero-order chi connectivity index (χ0) is 11.5. The van der Waals surface area contributed by atoms with Crippen molar-refractivity contribution >= 4 is 23.5 Å². The molecule has 82 valence electrons. The van der Waals surface area contributed by atoms with Gasteiger partial charge in [0.1, 0.15) is 11.0 Å². The molecule has 0 aliphatic heterocycles. The van der Waals surface area contributed by atoms with Crippen molar-refractivity contribution < 1.29 is 9.18 Å². The lowest BCUT2D eigenvalue weighted by Crippen LogP contribution is -1.96. The Hall–Kier alpha value is -1.48. The fourth-order valence-corrected chi connectivity index (χ4v) is 1.87. The molecule has 2 nitrogen and oxygen atoms in total. The molecule has 0 fully saturated rings. The third kappa shape index (κ3) is 2.04. The van der Waals surface area contributed by atoms with Gasteiger partial charge in [-0.1, -0.05) is 17.7 Å². The van der Waals surface area contributed by atoms with Gasteiger partial charge in [0, 0.05) is 12.6 Å². The van der Waals surface area contributed by atoms with E-state index in [4.69, 9.17) is 11.6 Å². The van der Waals surface area contributed by atoms with E-state index in [-0.39, 0.29) is 11.0 Å². The number of hydrogen-bond donors (Lipinski definition) is 0. The average Bonchev–Trinajstić information content (AvgIpc) is 2.28. The quantitative estimate of drug-likeness (QED) is 0.581. The van der Waals surface area contributed by atoms with Crippen LogP contribution >= 0.6 is 11.6 Å². The van der Waals surface area contributed by atoms with Crippen LogP contribution in [0.1, 0.15) is 28.8 Å². The molecule has 4 heteroatoms. The molecule has 2 rings (SSSR count). The maximum Gasteiger partial charge on any atom is 0.153 e. The molecule has 0 saturated heterocycles. The van der Waals surface area contributed by atoms with Gasteiger partial charge in [0.15, 0.2) is 6.29 Å². The number of hydrogen-bond acceptors (Lipinski definition) is 2. The predicted molar refractivity (Wildman–Crippen MR) is 61.0 cm³/mol. The van der Waals surface area contributed by atoms with Crippen molar-refractivity contribution in [3.8, 4) is 0 Å². The smallest absolute Gasteiger partial charge is 0.153 e. The minimum atomic E-state index is -0.178. The summed E-state index contributed by atoms with van der Waals surface area (Å²) in [6.07, 6.45) is 6.52. The third-order valence-electron chi connectivity index (χ3n) is 2.43. The van der Waals surface area contributed by atoms with Gasteiger partial charge in [-0.2, -0.15) is 0 Å². The van der Waals surface area contributed by atoms with Crippen LogP contribution in [-0.2, 0) is 0 Å². The standard InChI is InChI=1S/C12H9ClFNO/c13-12-11(7-16)10(4-5-15-12)8-2-1-3-9(14)6-8/h2,4-7H,1,3H2. The molecule has 16 heavy (non-hydrogen) atoms. The summed E-state index contributed by atoms with van der Waals surface area (Å²) in [4.78, 5) is 14.7. The lowest BCUT2D eigenvalue weighted by molar-refractivity contribution is 0.112. The summed E-state index contributed by atoms with van der Waals surface area (Å²) in [5.41, 5.74) is 1.63. The van der Waals surface area contributed by atoms with Gasteiger partial charge >= 0.3 is 0 Å². The maximum atomic E-state index is 13.1. The Balaban J connectivity index is 2.52. The van der Waals surface area contributed by atoms with E-state index in [1.807, 2.05) is 6.08 Å². The van der Waals surface area contributed by atoms with E-state index in [9.17, 15) is 9.18 Å². The van der Waals surface area contributed by atoms with Gasteiger partial charge in [0.2, 0.25) is 0 Å². The van der Waals surface area contributed by atoms with Crippen molar-refractivity contribution in [2.75, 3.05) is 0 Å². The van der Waals surface area contributed by atoms with Gasteiger partial charge in [0.25, 0.3) is 0 Å². The van der Waals surface area contributed by atoms with Gasteiger partial charge in [-0.15, -0.1) is 0 Å². The molecule has 0 atom stereocenters. The second kappa shape index (κ2) is 4.58. The van der Waals surface area contributed by atoms with Gasteiger partial charge in [-0.05, 0) is 29.7 Å². The highest BCUT2D eigenvalue weighted by Crippen LogP contribution is 2.29. The first-order valence-electron chi connectivity index (χ1n) is 4.88. The topological polar surface area (TPSA) is 30.0 Å². The van der Waals surface area contributed by atoms with Crippen molar-refractivity contribution in [3.05, 3.63) is 46.5 Å². The number of halogens is 2. The molecule has 1 heterocycles. The summed E-state index contributed by atoms with van der Waals surface area (Å²) in [5.74, 6) is -0.178. The summed E-state index contributed by atoms with van der Waals surface area (Å²) in [6, 6.07) is 1.66. The molecule has 0 radical (unpaired) electrons. The van der Waals surface area contributed by atoms with E-state index in [0.29, 0.717) is 35.8 Å². The second-order valence-corrected chi connectivity index (χ2v) is 3.83. The zero-order valence-corrected chi connectivity index (χ0v) is 9.17. The van der Waals surface area contributed by atoms with Crippen molar-refractivity contribution in [1.29, 1.82) is 0 Å². The number of allylic oxidation sites excluding steroid dienone is 4. The Morgan fingerprint density at radius 2 is 2.31 bits per heavy atom. The molecule has 1 aliphatic rings. The molecule has 0 amide bonds. The first-order valence-corrected chi connectivity index (χ1v) is 5.26. The minimum absolute atomic E-state index is 0.146. The monoisotopic (exact) mass is 237 g/mol. The average molecular weight is 238 g/mol. The Morgan fingerprint density at radius 3 is 3.00 bits per heavy atom. The van der Waals surface area contributed by atoms with Gasteiger partial charge in [0.05, 0.1) is 5.56 Å². The summed E-state index contributed by atoms with van der Waals surface area (Å²) in [5, 5.41) is 0.146. The van der Waals surface area contributed by atoms with Crippen LogP contribution in [0.2, 0.25) is 5.15 Å². The van der Waals surface area contributed by atoms with E-state index < -0.39 is 0 Å². The Labute approximate surface area is 97.5 Å². The van der Waals surface area contributed by atoms with Crippen LogP contribution in [0.25, 0.3) is 5.57 Å². The second-order valence-electron chi connectivity index (χ2n) is 3.47. The van der Waals surface area contributed by atoms with Crippen LogP contribution in [0.3, 0.4) is 0 Å². The fourth-order valence-electron chi connectivity index (χ4n) is 1.66. The van der Waals surface area contributed by atoms with Crippen LogP contribution < -0.4 is 0 Å². The Morgan fingerprint density at radius 1 is 1.50 bits per heavy atom. The van der Waals surface area contributed by atoms with E-state index in [1.165, 1.54) is 12.3 Å². The molecule has 1 aromatic heterocycles. The van der Waals surface area contributed by atoms with E-state index in [1.54, 1.807) is 6.07 Å². The highest BCUT2D eigenvalue weighted by molar-refractivity contribution is 6.32. The Kier molecular flexibility index (Phi) is 3.15. The molecule has 0 spiro atoms. The van der Waals surface area contributed by atoms with E-state index in [0.717, 1.165) is 0 Å². The van der Waals surface area contributed by atoms with Crippen LogP contribution in [0, 0.1) is 0 Å². The highest BCUT2D eigenvalue weighted by atomic mass is 35.5. The first-order chi connectivity index (χ1) is 7.72. The number of nitrogens with zero attached hydrogens (tertiary/aromatic N) is 1. The van der Waals surface area contributed by atoms with E-state index in [2.05, 4.69) is 4.98 Å². The lowest BCUT2D eigenvalue weighted by atomic mass is 9.97. The number of carbonyl (C=O) groups excluding carboxylic acids is 1. The molecule has 1 aliphatic carbocycles. The van der Waals surface area contributed by atoms with Crippen molar-refractivity contribution in [2.24, 2.45) is 0 Å². The predicted octanol–water partition coefficient (Wildman–Crippen LogP) is 3.58. The van der Waals surface area contributed by atoms with Crippen LogP contribution in [0.5, 0.6) is 0 Å². The maximum absolute atomic E-state index is 13.1. The minimum Gasteiger partial charge on any atom is -0.298 e. The van der Waals surface area contributed by atoms with E-state index >= 15 is 0 Å². The van der Waals surface area contributed by atoms with Crippen molar-refractivity contribution in [1.82, 2.24) is 4.98 Å². The lowest BCUT2D eigenvalue weighted by Gasteiger charge is -2.11. The number of aromatic nitrogens is 1. The normalized spacial score (nSPS) is 15.4. The number of pyridine rings is 1. The molecule has 1 aromatic rings. The SMILES string of the molecule is O=Cc1c(C2=CCCC(F)=C2)ccnc1Cl. The van der Waals surface area contributed by atoms with Gasteiger partial charge < -0.3 is 0 Å². The van der Waals surface area contributed by atoms with Gasteiger partial charge in [-0.3, -0.25) is 4.79 Å². The van der Waals surface area contributed by atoms with Crippen LogP contribution in [-0.4, -0.2) is 11.3 Å². The molecule has 0 bridgehead atoms. The largest absolute Gasteiger partial charge is 0.298 e. The number of rotatable bonds is 2. The molecule has 0 saturated carbocycles. The summed E-state index contributed by atoms with van der Waals surface area (Å²) in [6.45, 7) is 0. The fraction of sp³-hybridized carbons (Fsp3) is 0.167. The first kappa shape index (κ1) is 11.0. The molecule has 0 unspecified atom stereocenters. The van der Waals surface area contributed by atoms with Crippen LogP contribution in [0.4, 0.5) is 4.39 Å². The summed E-state index contributed by atoms with van der Waals surface area (Å²) in [7, 11) is 0. The highest BCUT2D eigenvalue weighted by Gasteiger charge is 2.13. The molecular formula is C12H9ClFNO. The van der Waals surface area contributed by atoms with Crippen LogP contribution in [0.15, 0.2) is 30.2 Å². The van der Waals surface area contributed by atoms with Gasteiger partial charge in [-0.25, -0.2) is 9.37 Å². The van der Waals surface area contributed by atoms with Crippen molar-refractivity contribution in [2.45, 2.75) is 12.8 Å². The summed E-state index contributed by atoms with van der Waals surface area (Å²) < 4.78 is 13.1. The Bertz CT molecular complexity index is 494. The molecule has 0 aromatic carbocycles. The van der Waals surface area contributed by atoms with Crippen molar-refractivity contribution in [3.63, 3.8) is 0 Å².